The number of carbonyl (C=O) groups is 1. The molecule has 0 aliphatic carbocycles. The van der Waals surface area contributed by atoms with Gasteiger partial charge in [-0.15, -0.1) is 0 Å². The Labute approximate surface area is 178 Å². The van der Waals surface area contributed by atoms with E-state index in [2.05, 4.69) is 30.8 Å². The van der Waals surface area contributed by atoms with Gasteiger partial charge in [-0.2, -0.15) is 10.1 Å². The van der Waals surface area contributed by atoms with Gasteiger partial charge >= 0.3 is 0 Å². The van der Waals surface area contributed by atoms with Gasteiger partial charge in [0.1, 0.15) is 5.82 Å². The maximum absolute atomic E-state index is 13.9. The molecule has 0 saturated carbocycles. The molecule has 3 N–H and O–H groups in total. The Kier molecular flexibility index (Phi) is 5.79. The van der Waals surface area contributed by atoms with E-state index in [9.17, 15) is 13.6 Å². The van der Waals surface area contributed by atoms with Crippen molar-refractivity contribution in [2.24, 2.45) is 0 Å². The highest BCUT2D eigenvalue weighted by Gasteiger charge is 2.26. The molecule has 0 radical (unpaired) electrons. The second-order valence-electron chi connectivity index (χ2n) is 7.59. The molecule has 31 heavy (non-hydrogen) atoms. The number of nitrogens with one attached hydrogen (secondary N) is 3. The van der Waals surface area contributed by atoms with Crippen LogP contribution in [0.2, 0.25) is 0 Å². The van der Waals surface area contributed by atoms with Crippen molar-refractivity contribution in [2.75, 3.05) is 23.7 Å². The van der Waals surface area contributed by atoms with Crippen LogP contribution in [0.25, 0.3) is 0 Å². The van der Waals surface area contributed by atoms with E-state index in [1.807, 2.05) is 26.0 Å². The number of anilines is 3. The van der Waals surface area contributed by atoms with Gasteiger partial charge in [0.2, 0.25) is 5.95 Å². The van der Waals surface area contributed by atoms with Crippen molar-refractivity contribution in [3.8, 4) is 0 Å². The molecule has 1 saturated heterocycles. The molecule has 1 aliphatic heterocycles. The van der Waals surface area contributed by atoms with Crippen molar-refractivity contribution in [1.82, 2.24) is 25.1 Å². The zero-order chi connectivity index (χ0) is 22.0. The summed E-state index contributed by atoms with van der Waals surface area (Å²) in [5.74, 6) is -0.853. The lowest BCUT2D eigenvalue weighted by atomic mass is 10.0. The van der Waals surface area contributed by atoms with Crippen molar-refractivity contribution in [1.29, 1.82) is 0 Å². The van der Waals surface area contributed by atoms with E-state index in [1.54, 1.807) is 4.90 Å². The fourth-order valence-electron chi connectivity index (χ4n) is 3.56. The van der Waals surface area contributed by atoms with Crippen molar-refractivity contribution in [3.05, 3.63) is 58.9 Å². The second kappa shape index (κ2) is 8.66. The SMILES string of the molecule is Cc1cc(Nc2cc(C)[nH]n2)nc(NC2CCN(C(=O)c3cccc(F)c3F)CC2)n1. The van der Waals surface area contributed by atoms with E-state index in [1.165, 1.54) is 12.1 Å². The molecule has 1 amide bonds. The van der Waals surface area contributed by atoms with Gasteiger partial charge in [0.25, 0.3) is 5.91 Å². The third kappa shape index (κ3) is 4.79. The second-order valence-corrected chi connectivity index (χ2v) is 7.59. The van der Waals surface area contributed by atoms with Crippen LogP contribution in [-0.2, 0) is 0 Å². The van der Waals surface area contributed by atoms with Gasteiger partial charge in [-0.1, -0.05) is 6.07 Å². The summed E-state index contributed by atoms with van der Waals surface area (Å²) >= 11 is 0. The van der Waals surface area contributed by atoms with Crippen molar-refractivity contribution < 1.29 is 13.6 Å². The number of aryl methyl sites for hydroxylation is 2. The van der Waals surface area contributed by atoms with Gasteiger partial charge in [-0.3, -0.25) is 9.89 Å². The van der Waals surface area contributed by atoms with Crippen LogP contribution in [-0.4, -0.2) is 50.1 Å². The van der Waals surface area contributed by atoms with Crippen LogP contribution >= 0.6 is 0 Å². The molecule has 1 fully saturated rings. The minimum Gasteiger partial charge on any atom is -0.351 e. The molecule has 3 heterocycles. The lowest BCUT2D eigenvalue weighted by Crippen LogP contribution is -2.43. The average Bonchev–Trinajstić information content (AvgIpc) is 3.14. The highest BCUT2D eigenvalue weighted by Crippen LogP contribution is 2.21. The Balaban J connectivity index is 1.37. The van der Waals surface area contributed by atoms with Crippen LogP contribution in [0.3, 0.4) is 0 Å². The lowest BCUT2D eigenvalue weighted by molar-refractivity contribution is 0.0712. The molecule has 0 atom stereocenters. The lowest BCUT2D eigenvalue weighted by Gasteiger charge is -2.32. The molecule has 4 rings (SSSR count). The third-order valence-corrected chi connectivity index (χ3v) is 5.11. The summed E-state index contributed by atoms with van der Waals surface area (Å²) in [6, 6.07) is 7.40. The molecule has 10 heteroatoms. The molecule has 162 valence electrons. The topological polar surface area (TPSA) is 98.8 Å². The van der Waals surface area contributed by atoms with E-state index in [0.717, 1.165) is 17.5 Å². The Hall–Kier alpha value is -3.56. The van der Waals surface area contributed by atoms with Gasteiger partial charge in [0.05, 0.1) is 5.56 Å². The number of piperidine rings is 1. The van der Waals surface area contributed by atoms with Gasteiger partial charge < -0.3 is 15.5 Å². The molecular weight excluding hydrogens is 404 g/mol. The third-order valence-electron chi connectivity index (χ3n) is 5.11. The Bertz CT molecular complexity index is 1090. The van der Waals surface area contributed by atoms with E-state index >= 15 is 0 Å². The van der Waals surface area contributed by atoms with Gasteiger partial charge in [0, 0.05) is 42.7 Å². The number of carbonyl (C=O) groups excluding carboxylic acids is 1. The number of amides is 1. The standard InChI is InChI=1S/C21H23F2N7O/c1-12-10-17(26-18-11-13(2)28-29-18)27-21(24-12)25-14-6-8-30(9-7-14)20(31)15-4-3-5-16(22)19(15)23/h3-5,10-11,14H,6-9H2,1-2H3,(H3,24,25,26,27,28,29). The molecule has 1 aromatic carbocycles. The Morgan fingerprint density at radius 3 is 2.61 bits per heavy atom. The minimum atomic E-state index is -1.10. The molecule has 0 spiro atoms. The average molecular weight is 427 g/mol. The fraction of sp³-hybridized carbons (Fsp3) is 0.333. The van der Waals surface area contributed by atoms with Crippen LogP contribution in [0.5, 0.6) is 0 Å². The molecule has 1 aliphatic rings. The summed E-state index contributed by atoms with van der Waals surface area (Å²) < 4.78 is 27.4. The monoisotopic (exact) mass is 427 g/mol. The Morgan fingerprint density at radius 1 is 1.13 bits per heavy atom. The number of hydrogen-bond donors (Lipinski definition) is 3. The van der Waals surface area contributed by atoms with Crippen molar-refractivity contribution in [3.63, 3.8) is 0 Å². The molecule has 8 nitrogen and oxygen atoms in total. The number of nitrogens with zero attached hydrogens (tertiary/aromatic N) is 4. The summed E-state index contributed by atoms with van der Waals surface area (Å²) in [4.78, 5) is 23.0. The van der Waals surface area contributed by atoms with Crippen LogP contribution in [0.4, 0.5) is 26.4 Å². The van der Waals surface area contributed by atoms with Crippen molar-refractivity contribution >= 4 is 23.5 Å². The number of likely N-dealkylation sites (tertiary alicyclic amines) is 1. The first-order valence-electron chi connectivity index (χ1n) is 10.0. The molecular formula is C21H23F2N7O. The summed E-state index contributed by atoms with van der Waals surface area (Å²) in [5.41, 5.74) is 1.49. The maximum Gasteiger partial charge on any atom is 0.256 e. The van der Waals surface area contributed by atoms with Gasteiger partial charge in [-0.25, -0.2) is 13.8 Å². The Morgan fingerprint density at radius 2 is 1.90 bits per heavy atom. The van der Waals surface area contributed by atoms with Crippen LogP contribution < -0.4 is 10.6 Å². The fourth-order valence-corrected chi connectivity index (χ4v) is 3.56. The normalized spacial score (nSPS) is 14.5. The predicted molar refractivity (Wildman–Crippen MR) is 112 cm³/mol. The summed E-state index contributed by atoms with van der Waals surface area (Å²) in [7, 11) is 0. The van der Waals surface area contributed by atoms with E-state index < -0.39 is 17.5 Å². The van der Waals surface area contributed by atoms with E-state index in [4.69, 9.17) is 0 Å². The zero-order valence-electron chi connectivity index (χ0n) is 17.2. The molecule has 2 aromatic heterocycles. The summed E-state index contributed by atoms with van der Waals surface area (Å²) in [5, 5.41) is 13.5. The number of halogens is 2. The summed E-state index contributed by atoms with van der Waals surface area (Å²) in [6.07, 6.45) is 1.28. The predicted octanol–water partition coefficient (Wildman–Crippen LogP) is 3.56. The maximum atomic E-state index is 13.9. The molecule has 0 unspecified atom stereocenters. The smallest absolute Gasteiger partial charge is 0.256 e. The first kappa shape index (κ1) is 20.7. The summed E-state index contributed by atoms with van der Waals surface area (Å²) in [6.45, 7) is 4.64. The van der Waals surface area contributed by atoms with Gasteiger partial charge in [-0.05, 0) is 38.8 Å². The quantitative estimate of drug-likeness (QED) is 0.576. The van der Waals surface area contributed by atoms with E-state index in [0.29, 0.717) is 43.5 Å². The number of hydrogen-bond acceptors (Lipinski definition) is 6. The molecule has 3 aromatic rings. The number of rotatable bonds is 5. The van der Waals surface area contributed by atoms with Gasteiger partial charge in [0.15, 0.2) is 17.5 Å². The zero-order valence-corrected chi connectivity index (χ0v) is 17.2. The van der Waals surface area contributed by atoms with Crippen molar-refractivity contribution in [2.45, 2.75) is 32.7 Å². The first-order valence-corrected chi connectivity index (χ1v) is 10.0. The molecule has 0 bridgehead atoms. The van der Waals surface area contributed by atoms with Crippen LogP contribution in [0.15, 0.2) is 30.3 Å². The van der Waals surface area contributed by atoms with Crippen LogP contribution in [0.1, 0.15) is 34.6 Å². The number of aromatic amines is 1. The highest BCUT2D eigenvalue weighted by atomic mass is 19.2. The minimum absolute atomic E-state index is 0.0590. The number of benzene rings is 1. The number of aromatic nitrogens is 4. The first-order chi connectivity index (χ1) is 14.9. The number of H-pyrrole nitrogens is 1. The highest BCUT2D eigenvalue weighted by molar-refractivity contribution is 5.94. The van der Waals surface area contributed by atoms with E-state index in [-0.39, 0.29) is 11.6 Å². The largest absolute Gasteiger partial charge is 0.351 e. The van der Waals surface area contributed by atoms with Crippen LogP contribution in [0, 0.1) is 25.5 Å².